The minimum atomic E-state index is -0.406. The van der Waals surface area contributed by atoms with Crippen molar-refractivity contribution in [3.05, 3.63) is 17.8 Å². The summed E-state index contributed by atoms with van der Waals surface area (Å²) in [6.45, 7) is 6.23. The zero-order chi connectivity index (χ0) is 12.9. The second kappa shape index (κ2) is 5.58. The van der Waals surface area contributed by atoms with E-state index in [0.717, 1.165) is 5.69 Å². The Morgan fingerprint density at radius 1 is 1.35 bits per heavy atom. The molecule has 0 unspecified atom stereocenters. The molecule has 0 saturated heterocycles. The Morgan fingerprint density at radius 2 is 2.06 bits per heavy atom. The minimum absolute atomic E-state index is 0.0648. The van der Waals surface area contributed by atoms with Crippen molar-refractivity contribution in [2.24, 2.45) is 0 Å². The molecule has 0 aliphatic carbocycles. The SMILES string of the molecule is CC(C)(C)c1ccc(NC(=O)NCCO)nn1. The quantitative estimate of drug-likeness (QED) is 0.729. The molecule has 6 nitrogen and oxygen atoms in total. The number of carbonyl (C=O) groups is 1. The van der Waals surface area contributed by atoms with Gasteiger partial charge in [0.2, 0.25) is 0 Å². The number of aromatic nitrogens is 2. The van der Waals surface area contributed by atoms with Crippen molar-refractivity contribution >= 4 is 11.8 Å². The lowest BCUT2D eigenvalue weighted by Gasteiger charge is -2.16. The smallest absolute Gasteiger partial charge is 0.320 e. The normalized spacial score (nSPS) is 11.1. The third-order valence-corrected chi connectivity index (χ3v) is 2.07. The van der Waals surface area contributed by atoms with Crippen molar-refractivity contribution in [2.45, 2.75) is 26.2 Å². The summed E-state index contributed by atoms with van der Waals surface area (Å²) >= 11 is 0. The number of aliphatic hydroxyl groups is 1. The molecule has 1 rings (SSSR count). The van der Waals surface area contributed by atoms with E-state index in [0.29, 0.717) is 5.82 Å². The molecule has 0 aromatic carbocycles. The molecular weight excluding hydrogens is 220 g/mol. The van der Waals surface area contributed by atoms with Crippen LogP contribution in [0.25, 0.3) is 0 Å². The van der Waals surface area contributed by atoms with Crippen molar-refractivity contribution in [3.63, 3.8) is 0 Å². The van der Waals surface area contributed by atoms with Gasteiger partial charge in [-0.25, -0.2) is 4.79 Å². The maximum atomic E-state index is 11.3. The van der Waals surface area contributed by atoms with Gasteiger partial charge >= 0.3 is 6.03 Å². The molecule has 3 N–H and O–H groups in total. The van der Waals surface area contributed by atoms with Crippen LogP contribution < -0.4 is 10.6 Å². The number of hydrogen-bond acceptors (Lipinski definition) is 4. The number of rotatable bonds is 3. The van der Waals surface area contributed by atoms with Crippen molar-refractivity contribution in [2.75, 3.05) is 18.5 Å². The van der Waals surface area contributed by atoms with Crippen LogP contribution in [0.1, 0.15) is 26.5 Å². The van der Waals surface area contributed by atoms with Gasteiger partial charge in [0.05, 0.1) is 12.3 Å². The molecule has 0 atom stereocenters. The maximum absolute atomic E-state index is 11.3. The molecule has 0 fully saturated rings. The lowest BCUT2D eigenvalue weighted by Crippen LogP contribution is -2.31. The van der Waals surface area contributed by atoms with Gasteiger partial charge < -0.3 is 10.4 Å². The Bertz CT molecular complexity index is 370. The molecule has 6 heteroatoms. The Balaban J connectivity index is 2.60. The highest BCUT2D eigenvalue weighted by molar-refractivity contribution is 5.87. The van der Waals surface area contributed by atoms with E-state index >= 15 is 0 Å². The highest BCUT2D eigenvalue weighted by Crippen LogP contribution is 2.19. The van der Waals surface area contributed by atoms with Crippen molar-refractivity contribution < 1.29 is 9.90 Å². The first-order chi connectivity index (χ1) is 7.93. The molecule has 0 aliphatic heterocycles. The predicted octanol–water partition coefficient (Wildman–Crippen LogP) is 0.888. The zero-order valence-corrected chi connectivity index (χ0v) is 10.3. The summed E-state index contributed by atoms with van der Waals surface area (Å²) in [4.78, 5) is 11.3. The van der Waals surface area contributed by atoms with E-state index < -0.39 is 6.03 Å². The van der Waals surface area contributed by atoms with Gasteiger partial charge in [-0.15, -0.1) is 5.10 Å². The predicted molar refractivity (Wildman–Crippen MR) is 64.8 cm³/mol. The lowest BCUT2D eigenvalue weighted by molar-refractivity contribution is 0.244. The molecule has 0 bridgehead atoms. The van der Waals surface area contributed by atoms with Crippen LogP contribution in [0, 0.1) is 0 Å². The van der Waals surface area contributed by atoms with Crippen LogP contribution in [-0.4, -0.2) is 34.5 Å². The lowest BCUT2D eigenvalue weighted by atomic mass is 9.92. The van der Waals surface area contributed by atoms with Crippen molar-refractivity contribution in [1.82, 2.24) is 15.5 Å². The van der Waals surface area contributed by atoms with Crippen LogP contribution in [-0.2, 0) is 5.41 Å². The standard InChI is InChI=1S/C11H18N4O2/c1-11(2,3)8-4-5-9(15-14-8)13-10(17)12-6-7-16/h4-5,16H,6-7H2,1-3H3,(H2,12,13,15,17). The van der Waals surface area contributed by atoms with Crippen LogP contribution in [0.5, 0.6) is 0 Å². The third-order valence-electron chi connectivity index (χ3n) is 2.07. The molecule has 2 amide bonds. The maximum Gasteiger partial charge on any atom is 0.320 e. The van der Waals surface area contributed by atoms with Gasteiger partial charge in [-0.3, -0.25) is 5.32 Å². The van der Waals surface area contributed by atoms with E-state index in [9.17, 15) is 4.79 Å². The Kier molecular flexibility index (Phi) is 4.39. The number of hydrogen-bond donors (Lipinski definition) is 3. The van der Waals surface area contributed by atoms with Gasteiger partial charge in [-0.2, -0.15) is 5.10 Å². The van der Waals surface area contributed by atoms with Gasteiger partial charge in [0.25, 0.3) is 0 Å². The molecule has 0 saturated carbocycles. The summed E-state index contributed by atoms with van der Waals surface area (Å²) in [5, 5.41) is 21.5. The van der Waals surface area contributed by atoms with Gasteiger partial charge in [-0.05, 0) is 12.1 Å². The van der Waals surface area contributed by atoms with Crippen LogP contribution in [0.15, 0.2) is 12.1 Å². The van der Waals surface area contributed by atoms with E-state index in [4.69, 9.17) is 5.11 Å². The first kappa shape index (κ1) is 13.4. The second-order valence-electron chi connectivity index (χ2n) is 4.66. The molecule has 1 heterocycles. The van der Waals surface area contributed by atoms with E-state index in [1.54, 1.807) is 6.07 Å². The van der Waals surface area contributed by atoms with Gasteiger partial charge in [0.15, 0.2) is 5.82 Å². The first-order valence-corrected chi connectivity index (χ1v) is 5.43. The summed E-state index contributed by atoms with van der Waals surface area (Å²) in [5.74, 6) is 0.383. The summed E-state index contributed by atoms with van der Waals surface area (Å²) in [5.41, 5.74) is 0.795. The van der Waals surface area contributed by atoms with E-state index in [2.05, 4.69) is 20.8 Å². The van der Waals surface area contributed by atoms with E-state index in [1.807, 2.05) is 26.8 Å². The molecular formula is C11H18N4O2. The topological polar surface area (TPSA) is 87.1 Å². The number of amides is 2. The summed E-state index contributed by atoms with van der Waals surface area (Å²) < 4.78 is 0. The Labute approximate surface area is 100 Å². The third kappa shape index (κ3) is 4.36. The number of carbonyl (C=O) groups excluding carboxylic acids is 1. The molecule has 94 valence electrons. The fourth-order valence-corrected chi connectivity index (χ4v) is 1.13. The largest absolute Gasteiger partial charge is 0.395 e. The van der Waals surface area contributed by atoms with Crippen LogP contribution in [0.2, 0.25) is 0 Å². The summed E-state index contributed by atoms with van der Waals surface area (Å²) in [7, 11) is 0. The summed E-state index contributed by atoms with van der Waals surface area (Å²) in [6, 6.07) is 3.12. The van der Waals surface area contributed by atoms with Crippen LogP contribution in [0.3, 0.4) is 0 Å². The van der Waals surface area contributed by atoms with Crippen molar-refractivity contribution in [1.29, 1.82) is 0 Å². The number of nitrogens with one attached hydrogen (secondary N) is 2. The molecule has 0 spiro atoms. The number of anilines is 1. The van der Waals surface area contributed by atoms with E-state index in [1.165, 1.54) is 0 Å². The highest BCUT2D eigenvalue weighted by atomic mass is 16.3. The molecule has 0 aliphatic rings. The Hall–Kier alpha value is -1.69. The molecule has 1 aromatic rings. The van der Waals surface area contributed by atoms with Crippen LogP contribution >= 0.6 is 0 Å². The monoisotopic (exact) mass is 238 g/mol. The molecule has 1 aromatic heterocycles. The zero-order valence-electron chi connectivity index (χ0n) is 10.3. The number of aliphatic hydroxyl groups excluding tert-OH is 1. The average Bonchev–Trinajstić information content (AvgIpc) is 2.26. The minimum Gasteiger partial charge on any atom is -0.395 e. The van der Waals surface area contributed by atoms with Crippen molar-refractivity contribution in [3.8, 4) is 0 Å². The fraction of sp³-hybridized carbons (Fsp3) is 0.545. The van der Waals surface area contributed by atoms with Gasteiger partial charge in [0.1, 0.15) is 0 Å². The number of nitrogens with zero attached hydrogens (tertiary/aromatic N) is 2. The van der Waals surface area contributed by atoms with Gasteiger partial charge in [0, 0.05) is 12.0 Å². The molecule has 17 heavy (non-hydrogen) atoms. The average molecular weight is 238 g/mol. The summed E-state index contributed by atoms with van der Waals surface area (Å²) in [6.07, 6.45) is 0. The Morgan fingerprint density at radius 3 is 2.53 bits per heavy atom. The van der Waals surface area contributed by atoms with E-state index in [-0.39, 0.29) is 18.6 Å². The highest BCUT2D eigenvalue weighted by Gasteiger charge is 2.15. The van der Waals surface area contributed by atoms with Crippen LogP contribution in [0.4, 0.5) is 10.6 Å². The second-order valence-corrected chi connectivity index (χ2v) is 4.66. The first-order valence-electron chi connectivity index (χ1n) is 5.43. The number of urea groups is 1. The van der Waals surface area contributed by atoms with Gasteiger partial charge in [-0.1, -0.05) is 20.8 Å². The molecule has 0 radical (unpaired) electrons. The fourth-order valence-electron chi connectivity index (χ4n) is 1.13.